The van der Waals surface area contributed by atoms with Crippen LogP contribution in [0.1, 0.15) is 58.7 Å². The zero-order valence-electron chi connectivity index (χ0n) is 28.6. The van der Waals surface area contributed by atoms with Gasteiger partial charge in [-0.25, -0.2) is 9.97 Å². The fourth-order valence-corrected chi connectivity index (χ4v) is 9.49. The zero-order chi connectivity index (χ0) is 34.4. The number of aromatic nitrogens is 4. The molecule has 0 aliphatic heterocycles. The van der Waals surface area contributed by atoms with Crippen molar-refractivity contribution >= 4 is 56.9 Å². The predicted molar refractivity (Wildman–Crippen MR) is 215 cm³/mol. The van der Waals surface area contributed by atoms with E-state index in [-0.39, 0.29) is 5.41 Å². The summed E-state index contributed by atoms with van der Waals surface area (Å²) in [6.45, 7) is 4.70. The molecule has 4 nitrogen and oxygen atoms in total. The molecule has 9 rings (SSSR count). The minimum absolute atomic E-state index is 0.0141. The summed E-state index contributed by atoms with van der Waals surface area (Å²) in [5, 5.41) is 0. The van der Waals surface area contributed by atoms with Crippen LogP contribution in [0.2, 0.25) is 0 Å². The molecular formula is C45H36N4S2. The molecule has 0 fully saturated rings. The van der Waals surface area contributed by atoms with Crippen molar-refractivity contribution in [1.29, 1.82) is 0 Å². The molecule has 0 bridgehead atoms. The molecule has 0 amide bonds. The molecule has 0 N–H and O–H groups in total. The number of benzene rings is 4. The van der Waals surface area contributed by atoms with Gasteiger partial charge in [0.1, 0.15) is 0 Å². The highest BCUT2D eigenvalue weighted by molar-refractivity contribution is 7.16. The highest BCUT2D eigenvalue weighted by Gasteiger charge is 2.40. The summed E-state index contributed by atoms with van der Waals surface area (Å²) >= 11 is 3.58. The molecule has 248 valence electrons. The fourth-order valence-electron chi connectivity index (χ4n) is 7.66. The van der Waals surface area contributed by atoms with E-state index in [0.717, 1.165) is 64.0 Å². The van der Waals surface area contributed by atoms with E-state index in [1.54, 1.807) is 11.3 Å². The highest BCUT2D eigenvalue weighted by atomic mass is 32.1. The number of hydrogen-bond donors (Lipinski definition) is 0. The van der Waals surface area contributed by atoms with Gasteiger partial charge in [0.2, 0.25) is 0 Å². The van der Waals surface area contributed by atoms with Crippen molar-refractivity contribution in [2.75, 3.05) is 0 Å². The molecular weight excluding hydrogens is 661 g/mol. The van der Waals surface area contributed by atoms with Gasteiger partial charge < -0.3 is 0 Å². The number of aryl methyl sites for hydroxylation is 2. The van der Waals surface area contributed by atoms with E-state index in [2.05, 4.69) is 96.6 Å². The molecule has 4 heterocycles. The second kappa shape index (κ2) is 13.1. The van der Waals surface area contributed by atoms with Crippen LogP contribution in [-0.2, 0) is 18.3 Å². The average Bonchev–Trinajstić information content (AvgIpc) is 3.93. The van der Waals surface area contributed by atoms with Crippen molar-refractivity contribution in [1.82, 2.24) is 19.9 Å². The highest BCUT2D eigenvalue weighted by Crippen LogP contribution is 2.53. The third kappa shape index (κ3) is 5.78. The van der Waals surface area contributed by atoms with Gasteiger partial charge in [0.25, 0.3) is 0 Å². The third-order valence-electron chi connectivity index (χ3n) is 10.4. The lowest BCUT2D eigenvalue weighted by Crippen LogP contribution is -2.23. The Morgan fingerprint density at radius 3 is 1.86 bits per heavy atom. The molecule has 0 saturated heterocycles. The topological polar surface area (TPSA) is 51.6 Å². The maximum absolute atomic E-state index is 4.86. The SMILES string of the molecule is CCC1(CC)c2cc(/C=C/c3ccc(-c4cnc5ccccc5n4)s3)ccc2-c2ccc(CCc3ccc(-c4cnc5ccccc5n4)s3)cc21. The normalized spacial score (nSPS) is 13.3. The van der Waals surface area contributed by atoms with Gasteiger partial charge in [-0.2, -0.15) is 0 Å². The Hall–Kier alpha value is -5.30. The molecule has 51 heavy (non-hydrogen) atoms. The van der Waals surface area contributed by atoms with Crippen LogP contribution in [0, 0.1) is 0 Å². The lowest BCUT2D eigenvalue weighted by molar-refractivity contribution is 0.490. The standard InChI is InChI=1S/C45H36N4S2/c1-3-45(4-2)35-25-29(13-17-31-19-23-43(50-31)41-27-46-37-9-5-7-11-39(37)48-41)15-21-33(35)34-22-16-30(26-36(34)45)14-18-32-20-24-44(51-32)42-28-47-38-10-6-8-12-40(38)49-42/h5-13,15-17,19-28H,3-4,14,18H2,1-2H3/b17-13+. The minimum Gasteiger partial charge on any atom is -0.252 e. The number of rotatable bonds is 9. The summed E-state index contributed by atoms with van der Waals surface area (Å²) < 4.78 is 0. The van der Waals surface area contributed by atoms with Crippen LogP contribution < -0.4 is 0 Å². The van der Waals surface area contributed by atoms with Crippen molar-refractivity contribution < 1.29 is 0 Å². The third-order valence-corrected chi connectivity index (χ3v) is 12.7. The van der Waals surface area contributed by atoms with Crippen LogP contribution in [0.4, 0.5) is 0 Å². The van der Waals surface area contributed by atoms with E-state index < -0.39 is 0 Å². The van der Waals surface area contributed by atoms with Crippen LogP contribution in [0.3, 0.4) is 0 Å². The van der Waals surface area contributed by atoms with Crippen molar-refractivity contribution in [3.63, 3.8) is 0 Å². The molecule has 0 spiro atoms. The summed E-state index contributed by atoms with van der Waals surface area (Å²) in [6.07, 6.45) is 12.4. The van der Waals surface area contributed by atoms with Gasteiger partial charge in [0.05, 0.1) is 55.6 Å². The van der Waals surface area contributed by atoms with Gasteiger partial charge in [-0.05, 0) is 114 Å². The maximum atomic E-state index is 4.86. The summed E-state index contributed by atoms with van der Waals surface area (Å²) in [5.41, 5.74) is 13.9. The summed E-state index contributed by atoms with van der Waals surface area (Å²) in [7, 11) is 0. The predicted octanol–water partition coefficient (Wildman–Crippen LogP) is 12.1. The summed E-state index contributed by atoms with van der Waals surface area (Å²) in [4.78, 5) is 23.8. The molecule has 1 aliphatic carbocycles. The summed E-state index contributed by atoms with van der Waals surface area (Å²) in [5.74, 6) is 0. The van der Waals surface area contributed by atoms with Crippen LogP contribution in [0.5, 0.6) is 0 Å². The quantitative estimate of drug-likeness (QED) is 0.151. The number of para-hydroxylation sites is 4. The first-order valence-corrected chi connectivity index (χ1v) is 19.3. The van der Waals surface area contributed by atoms with E-state index in [4.69, 9.17) is 9.97 Å². The Bertz CT molecular complexity index is 2590. The first kappa shape index (κ1) is 31.7. The lowest BCUT2D eigenvalue weighted by Gasteiger charge is -2.30. The second-order valence-electron chi connectivity index (χ2n) is 13.3. The molecule has 4 aromatic carbocycles. The van der Waals surface area contributed by atoms with E-state index >= 15 is 0 Å². The monoisotopic (exact) mass is 696 g/mol. The number of fused-ring (bicyclic) bond motifs is 5. The number of hydrogen-bond acceptors (Lipinski definition) is 6. The molecule has 0 saturated carbocycles. The van der Waals surface area contributed by atoms with Crippen molar-refractivity contribution in [2.45, 2.75) is 44.9 Å². The van der Waals surface area contributed by atoms with E-state index in [1.165, 1.54) is 48.0 Å². The Labute approximate surface area is 306 Å². The Morgan fingerprint density at radius 2 is 1.18 bits per heavy atom. The molecule has 0 atom stereocenters. The number of thiophene rings is 2. The van der Waals surface area contributed by atoms with Crippen molar-refractivity contribution in [2.24, 2.45) is 0 Å². The molecule has 6 heteroatoms. The molecule has 0 radical (unpaired) electrons. The van der Waals surface area contributed by atoms with Crippen LogP contribution in [0.25, 0.3) is 66.5 Å². The second-order valence-corrected chi connectivity index (χ2v) is 15.5. The van der Waals surface area contributed by atoms with Crippen molar-refractivity contribution in [3.05, 3.63) is 154 Å². The van der Waals surface area contributed by atoms with Crippen LogP contribution in [0.15, 0.2) is 122 Å². The lowest BCUT2D eigenvalue weighted by atomic mass is 9.73. The van der Waals surface area contributed by atoms with Crippen LogP contribution in [-0.4, -0.2) is 19.9 Å². The minimum atomic E-state index is 0.0141. The van der Waals surface area contributed by atoms with Crippen molar-refractivity contribution in [3.8, 4) is 32.3 Å². The van der Waals surface area contributed by atoms with E-state index in [0.29, 0.717) is 0 Å². The van der Waals surface area contributed by atoms with E-state index in [1.807, 2.05) is 72.3 Å². The van der Waals surface area contributed by atoms with Gasteiger partial charge in [0.15, 0.2) is 0 Å². The Morgan fingerprint density at radius 1 is 0.569 bits per heavy atom. The van der Waals surface area contributed by atoms with Gasteiger partial charge in [-0.1, -0.05) is 80.6 Å². The first-order valence-electron chi connectivity index (χ1n) is 17.7. The fraction of sp³-hybridized carbons (Fsp3) is 0.156. The summed E-state index contributed by atoms with van der Waals surface area (Å²) in [6, 6.07) is 39.1. The first-order chi connectivity index (χ1) is 25.1. The smallest absolute Gasteiger partial charge is 0.0992 e. The average molecular weight is 697 g/mol. The molecule has 1 aliphatic rings. The molecule has 8 aromatic rings. The van der Waals surface area contributed by atoms with Gasteiger partial charge >= 0.3 is 0 Å². The Balaban J connectivity index is 0.934. The van der Waals surface area contributed by atoms with E-state index in [9.17, 15) is 0 Å². The van der Waals surface area contributed by atoms with Gasteiger partial charge in [0, 0.05) is 15.2 Å². The molecule has 4 aromatic heterocycles. The van der Waals surface area contributed by atoms with Gasteiger partial charge in [-0.15, -0.1) is 22.7 Å². The van der Waals surface area contributed by atoms with Gasteiger partial charge in [-0.3, -0.25) is 9.97 Å². The zero-order valence-corrected chi connectivity index (χ0v) is 30.3. The van der Waals surface area contributed by atoms with Crippen LogP contribution >= 0.6 is 22.7 Å². The largest absolute Gasteiger partial charge is 0.252 e. The maximum Gasteiger partial charge on any atom is 0.0992 e. The number of nitrogens with zero attached hydrogens (tertiary/aromatic N) is 4. The molecule has 0 unspecified atom stereocenters. The Kier molecular flexibility index (Phi) is 8.14.